The molecule has 0 bridgehead atoms. The van der Waals surface area contributed by atoms with E-state index in [1.807, 2.05) is 24.9 Å². The van der Waals surface area contributed by atoms with Crippen molar-refractivity contribution in [3.63, 3.8) is 0 Å². The van der Waals surface area contributed by atoms with Gasteiger partial charge in [0.1, 0.15) is 17.5 Å². The molecule has 1 atom stereocenters. The first-order chi connectivity index (χ1) is 16.5. The summed E-state index contributed by atoms with van der Waals surface area (Å²) in [6.45, 7) is 7.85. The van der Waals surface area contributed by atoms with Crippen LogP contribution in [0.4, 0.5) is 20.3 Å². The van der Waals surface area contributed by atoms with E-state index in [1.165, 1.54) is 17.7 Å². The Bertz CT molecular complexity index is 1130. The molecule has 0 aliphatic carbocycles. The first-order valence-corrected chi connectivity index (χ1v) is 12.9. The third-order valence-corrected chi connectivity index (χ3v) is 7.22. The summed E-state index contributed by atoms with van der Waals surface area (Å²) in [5, 5.41) is 3.26. The van der Waals surface area contributed by atoms with E-state index in [-0.39, 0.29) is 6.04 Å². The predicted octanol–water partition coefficient (Wildman–Crippen LogP) is 4.47. The zero-order valence-electron chi connectivity index (χ0n) is 19.3. The lowest BCUT2D eigenvalue weighted by Crippen LogP contribution is -2.36. The molecule has 1 aromatic heterocycles. The summed E-state index contributed by atoms with van der Waals surface area (Å²) in [4.78, 5) is 14.4. The summed E-state index contributed by atoms with van der Waals surface area (Å²) in [7, 11) is 0. The minimum absolute atomic E-state index is 0.227. The van der Waals surface area contributed by atoms with Crippen LogP contribution in [0.3, 0.4) is 0 Å². The minimum Gasteiger partial charge on any atom is -0.378 e. The van der Waals surface area contributed by atoms with Crippen LogP contribution in [0.15, 0.2) is 36.5 Å². The number of aromatic nitrogens is 2. The Labute approximate surface area is 202 Å². The molecule has 1 N–H and O–H groups in total. The van der Waals surface area contributed by atoms with E-state index in [2.05, 4.69) is 27.2 Å². The Morgan fingerprint density at radius 1 is 1.03 bits per heavy atom. The molecule has 0 amide bonds. The SMILES string of the molecule is CC(Nc1cc(F)cc(F)c1)c1cc(CN2CCSCC2)cc2ncc(N3CCOCC3)nc12. The van der Waals surface area contributed by atoms with E-state index in [9.17, 15) is 8.78 Å². The number of rotatable bonds is 6. The quantitative estimate of drug-likeness (QED) is 0.553. The lowest BCUT2D eigenvalue weighted by atomic mass is 10.0. The van der Waals surface area contributed by atoms with Gasteiger partial charge in [-0.05, 0) is 30.7 Å². The van der Waals surface area contributed by atoms with Gasteiger partial charge in [0.05, 0.1) is 36.5 Å². The number of hydrogen-bond acceptors (Lipinski definition) is 7. The first kappa shape index (κ1) is 23.3. The molecule has 34 heavy (non-hydrogen) atoms. The van der Waals surface area contributed by atoms with Crippen LogP contribution < -0.4 is 10.2 Å². The van der Waals surface area contributed by atoms with Crippen LogP contribution in [0.5, 0.6) is 0 Å². The van der Waals surface area contributed by atoms with Gasteiger partial charge < -0.3 is 15.0 Å². The highest BCUT2D eigenvalue weighted by molar-refractivity contribution is 7.99. The zero-order chi connectivity index (χ0) is 23.5. The molecule has 0 spiro atoms. The number of nitrogens with zero attached hydrogens (tertiary/aromatic N) is 4. The fraction of sp³-hybridized carbons (Fsp3) is 0.440. The van der Waals surface area contributed by atoms with Crippen LogP contribution in [0, 0.1) is 11.6 Å². The van der Waals surface area contributed by atoms with Crippen LogP contribution in [-0.2, 0) is 11.3 Å². The molecule has 0 radical (unpaired) electrons. The van der Waals surface area contributed by atoms with Crippen molar-refractivity contribution < 1.29 is 13.5 Å². The molecule has 2 aromatic carbocycles. The van der Waals surface area contributed by atoms with E-state index in [0.717, 1.165) is 72.7 Å². The van der Waals surface area contributed by atoms with Crippen LogP contribution in [-0.4, -0.2) is 65.8 Å². The van der Waals surface area contributed by atoms with Crippen molar-refractivity contribution in [1.82, 2.24) is 14.9 Å². The summed E-state index contributed by atoms with van der Waals surface area (Å²) >= 11 is 1.99. The van der Waals surface area contributed by atoms with Crippen molar-refractivity contribution in [3.05, 3.63) is 59.3 Å². The monoisotopic (exact) mass is 485 g/mol. The van der Waals surface area contributed by atoms with Gasteiger partial charge in [0, 0.05) is 61.5 Å². The summed E-state index contributed by atoms with van der Waals surface area (Å²) < 4.78 is 33.1. The topological polar surface area (TPSA) is 53.5 Å². The molecular formula is C25H29F2N5OS. The molecule has 2 aliphatic heterocycles. The number of thioether (sulfide) groups is 1. The molecule has 3 heterocycles. The van der Waals surface area contributed by atoms with E-state index in [1.54, 1.807) is 0 Å². The zero-order valence-corrected chi connectivity index (χ0v) is 20.1. The Kier molecular flexibility index (Phi) is 7.12. The Morgan fingerprint density at radius 3 is 2.50 bits per heavy atom. The standard InChI is InChI=1S/C25H29F2N5OS/c1-17(29-21-13-19(26)12-20(27)14-21)22-10-18(16-31-4-8-34-9-5-31)11-23-25(22)30-24(15-28-23)32-2-6-33-7-3-32/h10-15,17,29H,2-9,16H2,1H3. The van der Waals surface area contributed by atoms with Crippen molar-refractivity contribution in [2.45, 2.75) is 19.5 Å². The van der Waals surface area contributed by atoms with Crippen molar-refractivity contribution >= 4 is 34.3 Å². The molecule has 180 valence electrons. The minimum atomic E-state index is -0.606. The highest BCUT2D eigenvalue weighted by atomic mass is 32.2. The van der Waals surface area contributed by atoms with Gasteiger partial charge in [0.25, 0.3) is 0 Å². The van der Waals surface area contributed by atoms with Crippen molar-refractivity contribution in [1.29, 1.82) is 0 Å². The molecule has 5 rings (SSSR count). The van der Waals surface area contributed by atoms with E-state index < -0.39 is 11.6 Å². The third-order valence-electron chi connectivity index (χ3n) is 6.28. The summed E-state index contributed by atoms with van der Waals surface area (Å²) in [5.41, 5.74) is 4.16. The summed E-state index contributed by atoms with van der Waals surface area (Å²) in [5.74, 6) is 1.90. The summed E-state index contributed by atoms with van der Waals surface area (Å²) in [6, 6.07) is 7.54. The number of benzene rings is 2. The van der Waals surface area contributed by atoms with Gasteiger partial charge in [-0.15, -0.1) is 0 Å². The smallest absolute Gasteiger partial charge is 0.148 e. The van der Waals surface area contributed by atoms with Crippen LogP contribution in [0.2, 0.25) is 0 Å². The Balaban J connectivity index is 1.51. The lowest BCUT2D eigenvalue weighted by Gasteiger charge is -2.28. The van der Waals surface area contributed by atoms with Crippen LogP contribution in [0.1, 0.15) is 24.1 Å². The molecule has 0 saturated carbocycles. The maximum absolute atomic E-state index is 13.8. The number of ether oxygens (including phenoxy) is 1. The largest absolute Gasteiger partial charge is 0.378 e. The number of nitrogens with one attached hydrogen (secondary N) is 1. The molecule has 2 aliphatic rings. The molecule has 2 saturated heterocycles. The van der Waals surface area contributed by atoms with E-state index in [4.69, 9.17) is 14.7 Å². The van der Waals surface area contributed by atoms with E-state index in [0.29, 0.717) is 18.9 Å². The second kappa shape index (κ2) is 10.4. The first-order valence-electron chi connectivity index (χ1n) is 11.7. The van der Waals surface area contributed by atoms with Gasteiger partial charge >= 0.3 is 0 Å². The van der Waals surface area contributed by atoms with Gasteiger partial charge in [-0.3, -0.25) is 9.88 Å². The van der Waals surface area contributed by atoms with Crippen LogP contribution in [0.25, 0.3) is 11.0 Å². The van der Waals surface area contributed by atoms with Crippen LogP contribution >= 0.6 is 11.8 Å². The predicted molar refractivity (Wildman–Crippen MR) is 134 cm³/mol. The van der Waals surface area contributed by atoms with Crippen molar-refractivity contribution in [3.8, 4) is 0 Å². The Hall–Kier alpha value is -2.49. The summed E-state index contributed by atoms with van der Waals surface area (Å²) in [6.07, 6.45) is 1.83. The number of fused-ring (bicyclic) bond motifs is 1. The maximum atomic E-state index is 13.8. The molecule has 6 nitrogen and oxygen atoms in total. The number of morpholine rings is 1. The van der Waals surface area contributed by atoms with Gasteiger partial charge in [0.2, 0.25) is 0 Å². The maximum Gasteiger partial charge on any atom is 0.148 e. The normalized spacial score (nSPS) is 18.3. The third kappa shape index (κ3) is 5.42. The van der Waals surface area contributed by atoms with Gasteiger partial charge in [-0.2, -0.15) is 11.8 Å². The highest BCUT2D eigenvalue weighted by Crippen LogP contribution is 2.29. The highest BCUT2D eigenvalue weighted by Gasteiger charge is 2.19. The van der Waals surface area contributed by atoms with E-state index >= 15 is 0 Å². The number of anilines is 2. The molecule has 1 unspecified atom stereocenters. The second-order valence-corrected chi connectivity index (χ2v) is 10.0. The van der Waals surface area contributed by atoms with Gasteiger partial charge in [-0.1, -0.05) is 6.07 Å². The van der Waals surface area contributed by atoms with Crippen molar-refractivity contribution in [2.24, 2.45) is 0 Å². The molecule has 2 fully saturated rings. The number of hydrogen-bond donors (Lipinski definition) is 1. The molecule has 3 aromatic rings. The molecular weight excluding hydrogens is 456 g/mol. The Morgan fingerprint density at radius 2 is 1.76 bits per heavy atom. The van der Waals surface area contributed by atoms with Gasteiger partial charge in [0.15, 0.2) is 0 Å². The fourth-order valence-electron chi connectivity index (χ4n) is 4.54. The lowest BCUT2D eigenvalue weighted by molar-refractivity contribution is 0.122. The van der Waals surface area contributed by atoms with Crippen molar-refractivity contribution in [2.75, 3.05) is 61.1 Å². The second-order valence-electron chi connectivity index (χ2n) is 8.79. The van der Waals surface area contributed by atoms with Gasteiger partial charge in [-0.25, -0.2) is 13.8 Å². The number of halogens is 2. The molecule has 9 heteroatoms. The average Bonchev–Trinajstić information content (AvgIpc) is 2.84. The fourth-order valence-corrected chi connectivity index (χ4v) is 5.52. The average molecular weight is 486 g/mol.